The molecule has 0 aromatic heterocycles. The molecule has 2 aromatic rings. The van der Waals surface area contributed by atoms with Crippen LogP contribution in [-0.4, -0.2) is 5.91 Å². The van der Waals surface area contributed by atoms with Gasteiger partial charge in [-0.25, -0.2) is 0 Å². The van der Waals surface area contributed by atoms with Crippen molar-refractivity contribution in [2.24, 2.45) is 5.92 Å². The van der Waals surface area contributed by atoms with Gasteiger partial charge in [0, 0.05) is 10.4 Å². The van der Waals surface area contributed by atoms with Crippen LogP contribution in [0.5, 0.6) is 0 Å². The number of aryl methyl sites for hydroxylation is 1. The minimum Gasteiger partial charge on any atom is -0.325 e. The Bertz CT molecular complexity index is 641. The van der Waals surface area contributed by atoms with E-state index in [9.17, 15) is 4.79 Å². The lowest BCUT2D eigenvalue weighted by Crippen LogP contribution is -2.23. The van der Waals surface area contributed by atoms with Crippen LogP contribution < -0.4 is 5.32 Å². The molecule has 0 bridgehead atoms. The molecule has 2 nitrogen and oxygen atoms in total. The fourth-order valence-corrected chi connectivity index (χ4v) is 3.29. The number of carbonyl (C=O) groups is 1. The van der Waals surface area contributed by atoms with Crippen molar-refractivity contribution in [3.05, 3.63) is 63.6 Å². The van der Waals surface area contributed by atoms with Crippen molar-refractivity contribution in [1.29, 1.82) is 0 Å². The van der Waals surface area contributed by atoms with Gasteiger partial charge in [0.1, 0.15) is 0 Å². The maximum Gasteiger partial charge on any atom is 0.228 e. The molecule has 1 N–H and O–H groups in total. The van der Waals surface area contributed by atoms with Gasteiger partial charge >= 0.3 is 0 Å². The van der Waals surface area contributed by atoms with Gasteiger partial charge in [-0.15, -0.1) is 0 Å². The molecular weight excluding hydrogens is 314 g/mol. The zero-order valence-electron chi connectivity index (χ0n) is 11.3. The molecule has 3 heteroatoms. The molecule has 1 amide bonds. The van der Waals surface area contributed by atoms with Crippen molar-refractivity contribution in [3.8, 4) is 0 Å². The predicted octanol–water partition coefficient (Wildman–Crippen LogP) is 4.11. The summed E-state index contributed by atoms with van der Waals surface area (Å²) in [6, 6.07) is 14.3. The molecule has 3 rings (SSSR count). The number of fused-ring (bicyclic) bond motifs is 1. The first-order valence-corrected chi connectivity index (χ1v) is 7.56. The molecular formula is C17H16BrNO. The number of hydrogen-bond acceptors (Lipinski definition) is 1. The van der Waals surface area contributed by atoms with E-state index < -0.39 is 0 Å². The summed E-state index contributed by atoms with van der Waals surface area (Å²) in [6.07, 6.45) is 1.68. The number of halogens is 1. The van der Waals surface area contributed by atoms with Gasteiger partial charge in [-0.2, -0.15) is 0 Å². The van der Waals surface area contributed by atoms with Crippen LogP contribution in [0, 0.1) is 12.8 Å². The lowest BCUT2D eigenvalue weighted by molar-refractivity contribution is -0.119. The van der Waals surface area contributed by atoms with Crippen molar-refractivity contribution in [1.82, 2.24) is 0 Å². The lowest BCUT2D eigenvalue weighted by atomic mass is 10.1. The van der Waals surface area contributed by atoms with Crippen LogP contribution in [0.3, 0.4) is 0 Å². The highest BCUT2D eigenvalue weighted by Crippen LogP contribution is 2.29. The number of benzene rings is 2. The summed E-state index contributed by atoms with van der Waals surface area (Å²) in [5, 5.41) is 3.03. The summed E-state index contributed by atoms with van der Waals surface area (Å²) in [5.41, 5.74) is 4.62. The molecule has 0 fully saturated rings. The van der Waals surface area contributed by atoms with E-state index in [0.717, 1.165) is 23.0 Å². The molecule has 0 atom stereocenters. The first-order chi connectivity index (χ1) is 9.63. The van der Waals surface area contributed by atoms with Crippen LogP contribution in [0.1, 0.15) is 16.7 Å². The van der Waals surface area contributed by atoms with E-state index in [4.69, 9.17) is 0 Å². The third-order valence-corrected chi connectivity index (χ3v) is 4.46. The average Bonchev–Trinajstić information content (AvgIpc) is 2.86. The predicted molar refractivity (Wildman–Crippen MR) is 84.8 cm³/mol. The van der Waals surface area contributed by atoms with Gasteiger partial charge < -0.3 is 5.32 Å². The third-order valence-electron chi connectivity index (χ3n) is 3.80. The van der Waals surface area contributed by atoms with Crippen LogP contribution in [0.4, 0.5) is 5.69 Å². The molecule has 0 spiro atoms. The Labute approximate surface area is 127 Å². The van der Waals surface area contributed by atoms with Gasteiger partial charge in [0.2, 0.25) is 5.91 Å². The molecule has 20 heavy (non-hydrogen) atoms. The molecule has 0 heterocycles. The van der Waals surface area contributed by atoms with Crippen LogP contribution >= 0.6 is 15.9 Å². The summed E-state index contributed by atoms with van der Waals surface area (Å²) in [7, 11) is 0. The van der Waals surface area contributed by atoms with Crippen molar-refractivity contribution in [3.63, 3.8) is 0 Å². The average molecular weight is 330 g/mol. The Morgan fingerprint density at radius 1 is 1.15 bits per heavy atom. The molecule has 1 aliphatic rings. The van der Waals surface area contributed by atoms with Crippen molar-refractivity contribution in [2.75, 3.05) is 5.32 Å². The summed E-state index contributed by atoms with van der Waals surface area (Å²) in [4.78, 5) is 12.4. The van der Waals surface area contributed by atoms with Gasteiger partial charge in [-0.3, -0.25) is 4.79 Å². The highest BCUT2D eigenvalue weighted by Gasteiger charge is 2.27. The summed E-state index contributed by atoms with van der Waals surface area (Å²) in [5.74, 6) is 0.145. The maximum atomic E-state index is 12.4. The minimum absolute atomic E-state index is 0.0422. The number of anilines is 1. The maximum absolute atomic E-state index is 12.4. The van der Waals surface area contributed by atoms with E-state index >= 15 is 0 Å². The Balaban J connectivity index is 1.72. The molecule has 0 aliphatic heterocycles. The second-order valence-corrected chi connectivity index (χ2v) is 6.20. The largest absolute Gasteiger partial charge is 0.325 e. The number of amides is 1. The Morgan fingerprint density at radius 3 is 2.40 bits per heavy atom. The number of nitrogens with one attached hydrogen (secondary N) is 1. The molecule has 0 unspecified atom stereocenters. The highest BCUT2D eigenvalue weighted by atomic mass is 79.9. The minimum atomic E-state index is 0.0422. The third kappa shape index (κ3) is 2.63. The second-order valence-electron chi connectivity index (χ2n) is 5.35. The van der Waals surface area contributed by atoms with Crippen LogP contribution in [0.25, 0.3) is 0 Å². The topological polar surface area (TPSA) is 29.1 Å². The number of hydrogen-bond donors (Lipinski definition) is 1. The molecule has 0 saturated carbocycles. The molecule has 1 aliphatic carbocycles. The van der Waals surface area contributed by atoms with E-state index in [-0.39, 0.29) is 11.8 Å². The molecule has 0 radical (unpaired) electrons. The first kappa shape index (κ1) is 13.4. The fraction of sp³-hybridized carbons (Fsp3) is 0.235. The van der Waals surface area contributed by atoms with E-state index in [0.29, 0.717) is 0 Å². The monoisotopic (exact) mass is 329 g/mol. The van der Waals surface area contributed by atoms with Gasteiger partial charge in [0.15, 0.2) is 0 Å². The quantitative estimate of drug-likeness (QED) is 0.882. The summed E-state index contributed by atoms with van der Waals surface area (Å²) in [6.45, 7) is 2.03. The van der Waals surface area contributed by atoms with Crippen LogP contribution in [0.15, 0.2) is 46.9 Å². The smallest absolute Gasteiger partial charge is 0.228 e. The summed E-state index contributed by atoms with van der Waals surface area (Å²) < 4.78 is 0.932. The van der Waals surface area contributed by atoms with E-state index in [1.54, 1.807) is 0 Å². The van der Waals surface area contributed by atoms with Gasteiger partial charge in [-0.05, 0) is 64.5 Å². The van der Waals surface area contributed by atoms with Crippen LogP contribution in [-0.2, 0) is 17.6 Å². The van der Waals surface area contributed by atoms with Gasteiger partial charge in [-0.1, -0.05) is 30.3 Å². The lowest BCUT2D eigenvalue weighted by Gasteiger charge is -2.12. The molecule has 2 aromatic carbocycles. The van der Waals surface area contributed by atoms with Gasteiger partial charge in [0.05, 0.1) is 5.69 Å². The molecule has 102 valence electrons. The van der Waals surface area contributed by atoms with E-state index in [1.165, 1.54) is 16.7 Å². The Kier molecular flexibility index (Phi) is 3.62. The van der Waals surface area contributed by atoms with E-state index in [1.807, 2.05) is 37.3 Å². The SMILES string of the molecule is Cc1ccc(NC(=O)C2Cc3ccccc3C2)c(Br)c1. The number of rotatable bonds is 2. The van der Waals surface area contributed by atoms with E-state index in [2.05, 4.69) is 33.4 Å². The van der Waals surface area contributed by atoms with Gasteiger partial charge in [0.25, 0.3) is 0 Å². The van der Waals surface area contributed by atoms with Crippen molar-refractivity contribution in [2.45, 2.75) is 19.8 Å². The van der Waals surface area contributed by atoms with Crippen molar-refractivity contribution >= 4 is 27.5 Å². The standard InChI is InChI=1S/C17H16BrNO/c1-11-6-7-16(15(18)8-11)19-17(20)14-9-12-4-2-3-5-13(12)10-14/h2-8,14H,9-10H2,1H3,(H,19,20). The van der Waals surface area contributed by atoms with Crippen molar-refractivity contribution < 1.29 is 4.79 Å². The Morgan fingerprint density at radius 2 is 1.80 bits per heavy atom. The van der Waals surface area contributed by atoms with Crippen LogP contribution in [0.2, 0.25) is 0 Å². The first-order valence-electron chi connectivity index (χ1n) is 6.77. The Hall–Kier alpha value is -1.61. The highest BCUT2D eigenvalue weighted by molar-refractivity contribution is 9.10. The summed E-state index contributed by atoms with van der Waals surface area (Å²) >= 11 is 3.50. The number of carbonyl (C=O) groups excluding carboxylic acids is 1. The second kappa shape index (κ2) is 5.41. The molecule has 0 saturated heterocycles. The normalized spacial score (nSPS) is 14.1. The zero-order valence-corrected chi connectivity index (χ0v) is 12.9. The zero-order chi connectivity index (χ0) is 14.1. The fourth-order valence-electron chi connectivity index (χ4n) is 2.70.